The summed E-state index contributed by atoms with van der Waals surface area (Å²) >= 11 is 0. The molecule has 0 heterocycles. The third-order valence-corrected chi connectivity index (χ3v) is 3.46. The molecule has 9 nitrogen and oxygen atoms in total. The van der Waals surface area contributed by atoms with Gasteiger partial charge in [0, 0.05) is 18.2 Å². The number of carboxylic acids is 1. The van der Waals surface area contributed by atoms with E-state index in [0.29, 0.717) is 30.0 Å². The lowest BCUT2D eigenvalue weighted by molar-refractivity contribution is -0.385. The summed E-state index contributed by atoms with van der Waals surface area (Å²) in [5, 5.41) is 19.8. The summed E-state index contributed by atoms with van der Waals surface area (Å²) < 4.78 is 10.3. The van der Waals surface area contributed by atoms with E-state index in [-0.39, 0.29) is 11.5 Å². The molecule has 0 aliphatic heterocycles. The molecule has 0 bridgehead atoms. The number of benzene rings is 2. The summed E-state index contributed by atoms with van der Waals surface area (Å²) in [4.78, 5) is 33.4. The molecule has 146 valence electrons. The summed E-state index contributed by atoms with van der Waals surface area (Å²) in [6, 6.07) is 10.5. The van der Waals surface area contributed by atoms with Gasteiger partial charge in [0.1, 0.15) is 12.4 Å². The first kappa shape index (κ1) is 20.6. The number of rotatable bonds is 10. The summed E-state index contributed by atoms with van der Waals surface area (Å²) in [6.07, 6.45) is 2.70. The van der Waals surface area contributed by atoms with Gasteiger partial charge in [-0.3, -0.25) is 14.9 Å². The minimum atomic E-state index is -1.25. The van der Waals surface area contributed by atoms with Crippen LogP contribution in [0.15, 0.2) is 48.5 Å². The predicted molar refractivity (Wildman–Crippen MR) is 101 cm³/mol. The Balaban J connectivity index is 2.16. The van der Waals surface area contributed by atoms with Crippen molar-refractivity contribution in [3.05, 3.63) is 69.8 Å². The summed E-state index contributed by atoms with van der Waals surface area (Å²) in [5.74, 6) is -1.21. The Kier molecular flexibility index (Phi) is 7.23. The molecule has 0 aromatic heterocycles. The van der Waals surface area contributed by atoms with Crippen LogP contribution in [0, 0.1) is 10.1 Å². The minimum absolute atomic E-state index is 0.166. The first-order chi connectivity index (χ1) is 13.4. The highest BCUT2D eigenvalue weighted by Crippen LogP contribution is 2.28. The van der Waals surface area contributed by atoms with E-state index in [1.54, 1.807) is 24.3 Å². The van der Waals surface area contributed by atoms with Crippen LogP contribution in [0.5, 0.6) is 11.5 Å². The highest BCUT2D eigenvalue weighted by atomic mass is 16.6. The number of carbonyl (C=O) groups excluding carboxylic acids is 1. The Morgan fingerprint density at radius 2 is 1.96 bits per heavy atom. The van der Waals surface area contributed by atoms with Crippen LogP contribution >= 0.6 is 0 Å². The van der Waals surface area contributed by atoms with Gasteiger partial charge in [-0.25, -0.2) is 4.79 Å². The standard InChI is InChI=1S/C19H18N2O7/c20-8-9-27-15-3-1-2-14(11-15)17(22)6-4-13-5-7-18(28-12-19(23)24)16(10-13)21(25)26/h1-7,10-11H,8-9,12,20H2,(H,23,24). The molecule has 2 aromatic carbocycles. The maximum absolute atomic E-state index is 12.3. The lowest BCUT2D eigenvalue weighted by Gasteiger charge is -2.05. The number of carboxylic acid groups (broad SMARTS) is 1. The fraction of sp³-hybridized carbons (Fsp3) is 0.158. The number of ether oxygens (including phenoxy) is 2. The van der Waals surface area contributed by atoms with Crippen molar-refractivity contribution in [2.75, 3.05) is 19.8 Å². The Morgan fingerprint density at radius 1 is 1.18 bits per heavy atom. The van der Waals surface area contributed by atoms with Gasteiger partial charge < -0.3 is 20.3 Å². The lowest BCUT2D eigenvalue weighted by atomic mass is 10.1. The number of allylic oxidation sites excluding steroid dienone is 1. The number of nitro benzene ring substituents is 1. The lowest BCUT2D eigenvalue weighted by Crippen LogP contribution is -2.10. The van der Waals surface area contributed by atoms with Crippen molar-refractivity contribution >= 4 is 23.5 Å². The van der Waals surface area contributed by atoms with Gasteiger partial charge in [-0.05, 0) is 29.8 Å². The molecule has 0 spiro atoms. The predicted octanol–water partition coefficient (Wildman–Crippen LogP) is 2.29. The Bertz CT molecular complexity index is 909. The molecular weight excluding hydrogens is 368 g/mol. The average molecular weight is 386 g/mol. The van der Waals surface area contributed by atoms with Gasteiger partial charge in [0.2, 0.25) is 0 Å². The van der Waals surface area contributed by atoms with Crippen molar-refractivity contribution in [1.29, 1.82) is 0 Å². The largest absolute Gasteiger partial charge is 0.492 e. The number of nitrogens with two attached hydrogens (primary N) is 1. The van der Waals surface area contributed by atoms with E-state index in [1.807, 2.05) is 0 Å². The van der Waals surface area contributed by atoms with E-state index < -0.39 is 23.2 Å². The highest BCUT2D eigenvalue weighted by Gasteiger charge is 2.16. The molecule has 0 radical (unpaired) electrons. The number of hydrogen-bond acceptors (Lipinski definition) is 7. The van der Waals surface area contributed by atoms with Gasteiger partial charge in [0.05, 0.1) is 4.92 Å². The van der Waals surface area contributed by atoms with E-state index >= 15 is 0 Å². The molecule has 0 aliphatic rings. The van der Waals surface area contributed by atoms with Crippen LogP contribution in [-0.4, -0.2) is 41.5 Å². The van der Waals surface area contributed by atoms with Gasteiger partial charge in [-0.1, -0.05) is 24.3 Å². The van der Waals surface area contributed by atoms with Crippen molar-refractivity contribution in [1.82, 2.24) is 0 Å². The quantitative estimate of drug-likeness (QED) is 0.274. The second kappa shape index (κ2) is 9.83. The van der Waals surface area contributed by atoms with E-state index in [2.05, 4.69) is 0 Å². The monoisotopic (exact) mass is 386 g/mol. The van der Waals surface area contributed by atoms with Crippen molar-refractivity contribution in [3.63, 3.8) is 0 Å². The van der Waals surface area contributed by atoms with Gasteiger partial charge >= 0.3 is 11.7 Å². The second-order valence-electron chi connectivity index (χ2n) is 5.53. The van der Waals surface area contributed by atoms with Crippen molar-refractivity contribution in [3.8, 4) is 11.5 Å². The molecule has 0 unspecified atom stereocenters. The molecule has 0 aliphatic carbocycles. The summed E-state index contributed by atoms with van der Waals surface area (Å²) in [7, 11) is 0. The third-order valence-electron chi connectivity index (χ3n) is 3.46. The number of carbonyl (C=O) groups is 2. The average Bonchev–Trinajstić information content (AvgIpc) is 2.69. The van der Waals surface area contributed by atoms with Crippen LogP contribution in [0.4, 0.5) is 5.69 Å². The van der Waals surface area contributed by atoms with Crippen molar-refractivity contribution in [2.45, 2.75) is 0 Å². The molecular formula is C19H18N2O7. The van der Waals surface area contributed by atoms with Crippen LogP contribution in [0.1, 0.15) is 15.9 Å². The van der Waals surface area contributed by atoms with Crippen LogP contribution < -0.4 is 15.2 Å². The van der Waals surface area contributed by atoms with E-state index in [1.165, 1.54) is 30.4 Å². The first-order valence-electron chi connectivity index (χ1n) is 8.19. The molecule has 0 saturated carbocycles. The molecule has 0 saturated heterocycles. The minimum Gasteiger partial charge on any atom is -0.492 e. The summed E-state index contributed by atoms with van der Waals surface area (Å²) in [5.41, 5.74) is 5.76. The molecule has 2 rings (SSSR count). The van der Waals surface area contributed by atoms with Gasteiger partial charge in [0.15, 0.2) is 18.1 Å². The molecule has 9 heteroatoms. The zero-order chi connectivity index (χ0) is 20.5. The number of hydrogen-bond donors (Lipinski definition) is 2. The molecule has 3 N–H and O–H groups in total. The Morgan fingerprint density at radius 3 is 2.64 bits per heavy atom. The van der Waals surface area contributed by atoms with Gasteiger partial charge in [-0.2, -0.15) is 0 Å². The number of nitro groups is 1. The smallest absolute Gasteiger partial charge is 0.341 e. The van der Waals surface area contributed by atoms with Gasteiger partial charge in [0.25, 0.3) is 0 Å². The molecule has 2 aromatic rings. The maximum Gasteiger partial charge on any atom is 0.341 e. The highest BCUT2D eigenvalue weighted by molar-refractivity contribution is 6.07. The first-order valence-corrected chi connectivity index (χ1v) is 8.19. The summed E-state index contributed by atoms with van der Waals surface area (Å²) in [6.45, 7) is -0.0203. The Labute approximate surface area is 160 Å². The fourth-order valence-corrected chi connectivity index (χ4v) is 2.23. The third kappa shape index (κ3) is 5.92. The van der Waals surface area contributed by atoms with Crippen LogP contribution in [-0.2, 0) is 4.79 Å². The van der Waals surface area contributed by atoms with E-state index in [9.17, 15) is 19.7 Å². The maximum atomic E-state index is 12.3. The molecule has 28 heavy (non-hydrogen) atoms. The fourth-order valence-electron chi connectivity index (χ4n) is 2.23. The zero-order valence-corrected chi connectivity index (χ0v) is 14.7. The van der Waals surface area contributed by atoms with Crippen LogP contribution in [0.2, 0.25) is 0 Å². The van der Waals surface area contributed by atoms with Crippen molar-refractivity contribution < 1.29 is 29.1 Å². The zero-order valence-electron chi connectivity index (χ0n) is 14.7. The number of aliphatic carboxylic acids is 1. The molecule has 0 atom stereocenters. The molecule has 0 fully saturated rings. The van der Waals surface area contributed by atoms with E-state index in [4.69, 9.17) is 20.3 Å². The SMILES string of the molecule is NCCOc1cccc(C(=O)C=Cc2ccc(OCC(=O)O)c([N+](=O)[O-])c2)c1. The van der Waals surface area contributed by atoms with E-state index in [0.717, 1.165) is 0 Å². The van der Waals surface area contributed by atoms with Gasteiger partial charge in [-0.15, -0.1) is 0 Å². The Hall–Kier alpha value is -3.72. The number of ketones is 1. The van der Waals surface area contributed by atoms with Crippen molar-refractivity contribution in [2.24, 2.45) is 5.73 Å². The molecule has 0 amide bonds. The number of nitrogens with zero attached hydrogens (tertiary/aromatic N) is 1. The van der Waals surface area contributed by atoms with Crippen LogP contribution in [0.25, 0.3) is 6.08 Å². The van der Waals surface area contributed by atoms with Crippen LogP contribution in [0.3, 0.4) is 0 Å². The normalized spacial score (nSPS) is 10.6. The second-order valence-corrected chi connectivity index (χ2v) is 5.53. The topological polar surface area (TPSA) is 142 Å².